The lowest BCUT2D eigenvalue weighted by molar-refractivity contribution is -0.379. The fourth-order valence-corrected chi connectivity index (χ4v) is 4.23. The number of hydrogen-bond donors (Lipinski definition) is 0. The number of allylic oxidation sites excluding steroid dienone is 2. The summed E-state index contributed by atoms with van der Waals surface area (Å²) >= 11 is 0. The summed E-state index contributed by atoms with van der Waals surface area (Å²) in [6, 6.07) is 9.90. The van der Waals surface area contributed by atoms with Crippen LogP contribution in [-0.4, -0.2) is 12.2 Å². The molecule has 1 saturated heterocycles. The van der Waals surface area contributed by atoms with Crippen molar-refractivity contribution >= 4 is 0 Å². The van der Waals surface area contributed by atoms with Gasteiger partial charge in [-0.1, -0.05) is 42.5 Å². The van der Waals surface area contributed by atoms with Gasteiger partial charge in [0.15, 0.2) is 11.2 Å². The van der Waals surface area contributed by atoms with Crippen molar-refractivity contribution in [1.29, 1.82) is 0 Å². The molecule has 3 heteroatoms. The van der Waals surface area contributed by atoms with Crippen LogP contribution in [0.5, 0.6) is 0 Å². The fraction of sp³-hybridized carbons (Fsp3) is 0.474. The number of ether oxygens (including phenoxy) is 1. The highest BCUT2D eigenvalue weighted by molar-refractivity contribution is 5.48. The number of epoxide rings is 1. The molecule has 0 bridgehead atoms. The van der Waals surface area contributed by atoms with E-state index in [2.05, 4.69) is 12.2 Å². The minimum Gasteiger partial charge on any atom is -0.361 e. The lowest BCUT2D eigenvalue weighted by Gasteiger charge is -2.38. The van der Waals surface area contributed by atoms with Crippen molar-refractivity contribution in [2.24, 2.45) is 0 Å². The second kappa shape index (κ2) is 5.34. The monoisotopic (exact) mass is 297 g/mol. The Balaban J connectivity index is 1.89. The van der Waals surface area contributed by atoms with Gasteiger partial charge in [-0.15, -0.1) is 0 Å². The summed E-state index contributed by atoms with van der Waals surface area (Å²) < 4.78 is 5.97. The zero-order chi connectivity index (χ0) is 15.0. The number of rotatable bonds is 5. The van der Waals surface area contributed by atoms with E-state index in [1.807, 2.05) is 30.3 Å². The van der Waals surface area contributed by atoms with Gasteiger partial charge in [-0.25, -0.2) is 0 Å². The first kappa shape index (κ1) is 14.2. The first-order valence-corrected chi connectivity index (χ1v) is 8.23. The van der Waals surface area contributed by atoms with Crippen molar-refractivity contribution in [2.75, 3.05) is 6.61 Å². The van der Waals surface area contributed by atoms with Crippen LogP contribution >= 0.6 is 0 Å². The fourth-order valence-electron chi connectivity index (χ4n) is 4.23. The first-order valence-electron chi connectivity index (χ1n) is 8.23. The molecule has 2 unspecified atom stereocenters. The van der Waals surface area contributed by atoms with E-state index >= 15 is 0 Å². The second-order valence-corrected chi connectivity index (χ2v) is 6.49. The Bertz CT molecular complexity index is 613. The zero-order valence-corrected chi connectivity index (χ0v) is 12.7. The summed E-state index contributed by atoms with van der Waals surface area (Å²) in [6.45, 7) is 0.577. The van der Waals surface area contributed by atoms with Gasteiger partial charge in [0, 0.05) is 0 Å². The van der Waals surface area contributed by atoms with Crippen LogP contribution in [0.2, 0.25) is 0 Å². The Kier molecular flexibility index (Phi) is 3.44. The van der Waals surface area contributed by atoms with Gasteiger partial charge in [-0.3, -0.25) is 0 Å². The molecule has 0 saturated carbocycles. The van der Waals surface area contributed by atoms with Crippen molar-refractivity contribution in [3.63, 3.8) is 0 Å². The van der Waals surface area contributed by atoms with Gasteiger partial charge >= 0.3 is 0 Å². The van der Waals surface area contributed by atoms with Gasteiger partial charge in [-0.2, -0.15) is 4.89 Å². The SMILES string of the molecule is [O]OC(C1=CCCC1)(c1ccccc1)C1(C2=CCCC2)CO1. The highest BCUT2D eigenvalue weighted by Gasteiger charge is 2.68. The average Bonchev–Trinajstić information content (AvgIpc) is 3.00. The molecule has 0 amide bonds. The van der Waals surface area contributed by atoms with E-state index in [1.54, 1.807) is 0 Å². The third-order valence-corrected chi connectivity index (χ3v) is 5.36. The molecule has 1 aromatic rings. The first-order chi connectivity index (χ1) is 10.8. The van der Waals surface area contributed by atoms with Crippen LogP contribution in [0.3, 0.4) is 0 Å². The molecule has 2 aliphatic carbocycles. The van der Waals surface area contributed by atoms with E-state index in [1.165, 1.54) is 5.57 Å². The molecule has 1 fully saturated rings. The minimum absolute atomic E-state index is 0.577. The molecular formula is C19H21O3. The van der Waals surface area contributed by atoms with Crippen LogP contribution in [0.25, 0.3) is 0 Å². The van der Waals surface area contributed by atoms with E-state index in [-0.39, 0.29) is 0 Å². The summed E-state index contributed by atoms with van der Waals surface area (Å²) in [5.74, 6) is 0. The molecular weight excluding hydrogens is 276 g/mol. The Hall–Kier alpha value is -1.42. The van der Waals surface area contributed by atoms with Crippen LogP contribution in [0, 0.1) is 0 Å². The number of hydrogen-bond acceptors (Lipinski definition) is 2. The van der Waals surface area contributed by atoms with E-state index in [0.717, 1.165) is 49.7 Å². The third-order valence-electron chi connectivity index (χ3n) is 5.36. The van der Waals surface area contributed by atoms with Gasteiger partial charge in [0.1, 0.15) is 0 Å². The quantitative estimate of drug-likeness (QED) is 0.353. The van der Waals surface area contributed by atoms with Crippen molar-refractivity contribution in [3.05, 3.63) is 59.2 Å². The van der Waals surface area contributed by atoms with Crippen molar-refractivity contribution in [3.8, 4) is 0 Å². The predicted molar refractivity (Wildman–Crippen MR) is 82.4 cm³/mol. The largest absolute Gasteiger partial charge is 0.361 e. The molecule has 3 nitrogen and oxygen atoms in total. The molecule has 1 radical (unpaired) electrons. The Morgan fingerprint density at radius 2 is 1.77 bits per heavy atom. The van der Waals surface area contributed by atoms with E-state index < -0.39 is 11.2 Å². The highest BCUT2D eigenvalue weighted by atomic mass is 17.1. The molecule has 1 aliphatic heterocycles. The van der Waals surface area contributed by atoms with E-state index in [0.29, 0.717) is 6.61 Å². The van der Waals surface area contributed by atoms with Crippen LogP contribution in [0.4, 0.5) is 0 Å². The summed E-state index contributed by atoms with van der Waals surface area (Å²) in [5.41, 5.74) is 1.69. The van der Waals surface area contributed by atoms with Gasteiger partial charge in [0.05, 0.1) is 6.61 Å². The standard InChI is InChI=1S/C19H21O3/c20-22-19(17-12-6-7-13-17,16-10-2-1-3-11-16)18(14-21-18)15-8-4-5-9-15/h1-3,8,10-12H,4-7,9,13-14H2. The summed E-state index contributed by atoms with van der Waals surface area (Å²) in [6.07, 6.45) is 10.7. The van der Waals surface area contributed by atoms with Gasteiger partial charge in [0.25, 0.3) is 0 Å². The molecule has 1 heterocycles. The number of benzene rings is 1. The minimum atomic E-state index is -0.999. The molecule has 3 aliphatic rings. The smallest absolute Gasteiger partial charge is 0.188 e. The Morgan fingerprint density at radius 1 is 1.05 bits per heavy atom. The molecule has 22 heavy (non-hydrogen) atoms. The summed E-state index contributed by atoms with van der Waals surface area (Å²) in [5, 5.41) is 12.1. The molecule has 0 spiro atoms. The third kappa shape index (κ3) is 1.86. The normalized spacial score (nSPS) is 29.9. The maximum absolute atomic E-state index is 12.1. The molecule has 2 atom stereocenters. The second-order valence-electron chi connectivity index (χ2n) is 6.49. The molecule has 0 aromatic heterocycles. The molecule has 4 rings (SSSR count). The van der Waals surface area contributed by atoms with E-state index in [4.69, 9.17) is 9.62 Å². The lowest BCUT2D eigenvalue weighted by Crippen LogP contribution is -2.47. The van der Waals surface area contributed by atoms with Gasteiger partial charge in [-0.05, 0) is 60.5 Å². The maximum Gasteiger partial charge on any atom is 0.188 e. The van der Waals surface area contributed by atoms with Crippen molar-refractivity contribution in [2.45, 2.75) is 49.7 Å². The zero-order valence-electron chi connectivity index (χ0n) is 12.7. The predicted octanol–water partition coefficient (Wildman–Crippen LogP) is 4.23. The molecule has 0 N–H and O–H groups in total. The van der Waals surface area contributed by atoms with Crippen molar-refractivity contribution in [1.82, 2.24) is 0 Å². The van der Waals surface area contributed by atoms with Gasteiger partial charge in [0.2, 0.25) is 0 Å². The topological polar surface area (TPSA) is 41.7 Å². The van der Waals surface area contributed by atoms with Crippen LogP contribution in [0.1, 0.15) is 44.1 Å². The van der Waals surface area contributed by atoms with Crippen molar-refractivity contribution < 1.29 is 14.9 Å². The molecule has 115 valence electrons. The summed E-state index contributed by atoms with van der Waals surface area (Å²) in [4.78, 5) is 5.06. The van der Waals surface area contributed by atoms with Crippen LogP contribution < -0.4 is 0 Å². The van der Waals surface area contributed by atoms with Gasteiger partial charge < -0.3 is 4.74 Å². The van der Waals surface area contributed by atoms with Crippen LogP contribution in [0.15, 0.2) is 53.6 Å². The van der Waals surface area contributed by atoms with Crippen LogP contribution in [-0.2, 0) is 20.5 Å². The lowest BCUT2D eigenvalue weighted by atomic mass is 9.71. The highest BCUT2D eigenvalue weighted by Crippen LogP contribution is 2.59. The molecule has 1 aromatic carbocycles. The average molecular weight is 297 g/mol. The Morgan fingerprint density at radius 3 is 2.32 bits per heavy atom. The summed E-state index contributed by atoms with van der Waals surface area (Å²) in [7, 11) is 0. The van der Waals surface area contributed by atoms with E-state index in [9.17, 15) is 5.26 Å². The Labute approximate surface area is 131 Å². The maximum atomic E-state index is 12.1.